The molecule has 16 heavy (non-hydrogen) atoms. The van der Waals surface area contributed by atoms with Gasteiger partial charge in [-0.1, -0.05) is 18.2 Å². The van der Waals surface area contributed by atoms with Gasteiger partial charge in [-0.2, -0.15) is 0 Å². The van der Waals surface area contributed by atoms with Crippen LogP contribution in [0.4, 0.5) is 0 Å². The lowest BCUT2D eigenvalue weighted by atomic mass is 9.90. The van der Waals surface area contributed by atoms with Crippen LogP contribution in [0.25, 0.3) is 0 Å². The van der Waals surface area contributed by atoms with E-state index in [0.29, 0.717) is 0 Å². The minimum absolute atomic E-state index is 0.917. The molecule has 1 nitrogen and oxygen atoms in total. The monoisotopic (exact) mass is 215 g/mol. The van der Waals surface area contributed by atoms with Crippen LogP contribution in [0.3, 0.4) is 0 Å². The number of hydrogen-bond acceptors (Lipinski definition) is 1. The summed E-state index contributed by atoms with van der Waals surface area (Å²) in [4.78, 5) is 0. The number of hydrogen-bond donors (Lipinski definition) is 1. The summed E-state index contributed by atoms with van der Waals surface area (Å²) in [6.45, 7) is 2.44. The molecule has 1 fully saturated rings. The molecule has 1 saturated heterocycles. The third-order valence-corrected chi connectivity index (χ3v) is 4.15. The van der Waals surface area contributed by atoms with E-state index in [1.165, 1.54) is 51.6 Å². The van der Waals surface area contributed by atoms with Gasteiger partial charge in [-0.3, -0.25) is 0 Å². The molecule has 1 aliphatic carbocycles. The summed E-state index contributed by atoms with van der Waals surface area (Å²) in [5.41, 5.74) is 4.81. The molecule has 1 N–H and O–H groups in total. The van der Waals surface area contributed by atoms with Gasteiger partial charge in [0.25, 0.3) is 0 Å². The Morgan fingerprint density at radius 1 is 1.06 bits per heavy atom. The molecule has 2 aliphatic rings. The summed E-state index contributed by atoms with van der Waals surface area (Å²) in [5, 5.41) is 3.44. The van der Waals surface area contributed by atoms with Crippen molar-refractivity contribution >= 4 is 0 Å². The van der Waals surface area contributed by atoms with Crippen molar-refractivity contribution in [1.82, 2.24) is 5.32 Å². The van der Waals surface area contributed by atoms with E-state index in [-0.39, 0.29) is 0 Å². The Bertz CT molecular complexity index is 364. The van der Waals surface area contributed by atoms with Gasteiger partial charge in [0.2, 0.25) is 0 Å². The maximum atomic E-state index is 3.44. The van der Waals surface area contributed by atoms with Crippen molar-refractivity contribution in [2.24, 2.45) is 5.92 Å². The van der Waals surface area contributed by atoms with E-state index in [1.54, 1.807) is 16.7 Å². The zero-order valence-electron chi connectivity index (χ0n) is 9.97. The molecule has 1 heterocycles. The van der Waals surface area contributed by atoms with Crippen LogP contribution >= 0.6 is 0 Å². The normalized spacial score (nSPS) is 21.0. The quantitative estimate of drug-likeness (QED) is 0.800. The molecule has 0 spiro atoms. The van der Waals surface area contributed by atoms with Crippen LogP contribution in [0.15, 0.2) is 18.2 Å². The van der Waals surface area contributed by atoms with Crippen LogP contribution in [0.2, 0.25) is 0 Å². The molecule has 1 aromatic carbocycles. The highest BCUT2D eigenvalue weighted by atomic mass is 14.9. The molecule has 0 amide bonds. The second kappa shape index (κ2) is 4.58. The van der Waals surface area contributed by atoms with Crippen LogP contribution in [-0.4, -0.2) is 13.1 Å². The minimum atomic E-state index is 0.917. The molecule has 1 heteroatoms. The van der Waals surface area contributed by atoms with E-state index in [9.17, 15) is 0 Å². The highest BCUT2D eigenvalue weighted by Gasteiger charge is 2.15. The van der Waals surface area contributed by atoms with Gasteiger partial charge in [0.1, 0.15) is 0 Å². The average molecular weight is 215 g/mol. The number of benzene rings is 1. The van der Waals surface area contributed by atoms with E-state index in [4.69, 9.17) is 0 Å². The van der Waals surface area contributed by atoms with Gasteiger partial charge in [-0.25, -0.2) is 0 Å². The number of aryl methyl sites for hydroxylation is 2. The van der Waals surface area contributed by atoms with E-state index < -0.39 is 0 Å². The Labute approximate surface area is 98.3 Å². The maximum Gasteiger partial charge on any atom is -0.00462 e. The smallest absolute Gasteiger partial charge is 0.00462 e. The van der Waals surface area contributed by atoms with Gasteiger partial charge in [0.05, 0.1) is 0 Å². The van der Waals surface area contributed by atoms with Gasteiger partial charge in [-0.15, -0.1) is 0 Å². The second-order valence-electron chi connectivity index (χ2n) is 5.35. The van der Waals surface area contributed by atoms with Crippen LogP contribution in [0.5, 0.6) is 0 Å². The number of fused-ring (bicyclic) bond motifs is 1. The Hall–Kier alpha value is -0.820. The highest BCUT2D eigenvalue weighted by Crippen LogP contribution is 2.25. The first kappa shape index (κ1) is 10.3. The molecule has 0 bridgehead atoms. The first-order valence-electron chi connectivity index (χ1n) is 6.73. The first-order chi connectivity index (χ1) is 7.92. The number of piperidine rings is 1. The number of rotatable bonds is 2. The minimum Gasteiger partial charge on any atom is -0.317 e. The van der Waals surface area contributed by atoms with Gasteiger partial charge in [0.15, 0.2) is 0 Å². The second-order valence-corrected chi connectivity index (χ2v) is 5.35. The first-order valence-corrected chi connectivity index (χ1v) is 6.73. The molecule has 0 aromatic heterocycles. The lowest BCUT2D eigenvalue weighted by molar-refractivity contribution is 0.372. The zero-order valence-corrected chi connectivity index (χ0v) is 9.97. The summed E-state index contributed by atoms with van der Waals surface area (Å²) in [7, 11) is 0. The van der Waals surface area contributed by atoms with Crippen LogP contribution in [0, 0.1) is 5.92 Å². The molecule has 0 unspecified atom stereocenters. The lowest BCUT2D eigenvalue weighted by Gasteiger charge is -2.22. The third kappa shape index (κ3) is 2.15. The van der Waals surface area contributed by atoms with Crippen molar-refractivity contribution in [3.8, 4) is 0 Å². The summed E-state index contributed by atoms with van der Waals surface area (Å²) in [6.07, 6.45) is 8.01. The molecule has 0 saturated carbocycles. The van der Waals surface area contributed by atoms with Crippen molar-refractivity contribution in [3.05, 3.63) is 34.9 Å². The van der Waals surface area contributed by atoms with Gasteiger partial charge in [-0.05, 0) is 74.2 Å². The third-order valence-electron chi connectivity index (χ3n) is 4.15. The van der Waals surface area contributed by atoms with Crippen molar-refractivity contribution < 1.29 is 0 Å². The Balaban J connectivity index is 1.69. The van der Waals surface area contributed by atoms with Gasteiger partial charge < -0.3 is 5.32 Å². The van der Waals surface area contributed by atoms with Crippen LogP contribution in [0.1, 0.15) is 36.0 Å². The van der Waals surface area contributed by atoms with Crippen molar-refractivity contribution in [3.63, 3.8) is 0 Å². The Kier molecular flexibility index (Phi) is 2.96. The summed E-state index contributed by atoms with van der Waals surface area (Å²) < 4.78 is 0. The van der Waals surface area contributed by atoms with Crippen LogP contribution < -0.4 is 5.32 Å². The van der Waals surface area contributed by atoms with Crippen molar-refractivity contribution in [2.75, 3.05) is 13.1 Å². The molecule has 1 aromatic rings. The van der Waals surface area contributed by atoms with Gasteiger partial charge >= 0.3 is 0 Å². The van der Waals surface area contributed by atoms with Crippen molar-refractivity contribution in [1.29, 1.82) is 0 Å². The predicted molar refractivity (Wildman–Crippen MR) is 67.8 cm³/mol. The molecule has 1 aliphatic heterocycles. The SMILES string of the molecule is c1cc2c(cc1CC1CCNCC1)CCC2. The molecule has 86 valence electrons. The van der Waals surface area contributed by atoms with E-state index in [0.717, 1.165) is 5.92 Å². The summed E-state index contributed by atoms with van der Waals surface area (Å²) in [6, 6.07) is 7.22. The number of nitrogens with one attached hydrogen (secondary N) is 1. The van der Waals surface area contributed by atoms with E-state index in [2.05, 4.69) is 23.5 Å². The largest absolute Gasteiger partial charge is 0.317 e. The van der Waals surface area contributed by atoms with Crippen LogP contribution in [-0.2, 0) is 19.3 Å². The molecular formula is C15H21N. The fourth-order valence-electron chi connectivity index (χ4n) is 3.17. The standard InChI is InChI=1S/C15H21N/c1-2-14-5-4-13(11-15(14)3-1)10-12-6-8-16-9-7-12/h4-5,11-12,16H,1-3,6-10H2. The summed E-state index contributed by atoms with van der Waals surface area (Å²) in [5.74, 6) is 0.917. The lowest BCUT2D eigenvalue weighted by Crippen LogP contribution is -2.28. The highest BCUT2D eigenvalue weighted by molar-refractivity contribution is 5.35. The Morgan fingerprint density at radius 3 is 2.75 bits per heavy atom. The van der Waals surface area contributed by atoms with Crippen molar-refractivity contribution in [2.45, 2.75) is 38.5 Å². The van der Waals surface area contributed by atoms with Gasteiger partial charge in [0, 0.05) is 0 Å². The molecule has 3 rings (SSSR count). The fraction of sp³-hybridized carbons (Fsp3) is 0.600. The molecule has 0 radical (unpaired) electrons. The Morgan fingerprint density at radius 2 is 1.88 bits per heavy atom. The molecule has 0 atom stereocenters. The predicted octanol–water partition coefficient (Wildman–Crippen LogP) is 2.72. The maximum absolute atomic E-state index is 3.44. The van der Waals surface area contributed by atoms with E-state index >= 15 is 0 Å². The van der Waals surface area contributed by atoms with E-state index in [1.807, 2.05) is 0 Å². The average Bonchev–Trinajstić information content (AvgIpc) is 2.77. The molecular weight excluding hydrogens is 194 g/mol. The summed E-state index contributed by atoms with van der Waals surface area (Å²) >= 11 is 0. The zero-order chi connectivity index (χ0) is 10.8. The topological polar surface area (TPSA) is 12.0 Å². The fourth-order valence-corrected chi connectivity index (χ4v) is 3.17.